The molecule has 0 aliphatic carbocycles. The third kappa shape index (κ3) is 4.89. The fraction of sp³-hybridized carbons (Fsp3) is 0.120. The zero-order chi connectivity index (χ0) is 26.0. The van der Waals surface area contributed by atoms with Crippen molar-refractivity contribution in [1.82, 2.24) is 15.3 Å². The molecule has 11 nitrogen and oxygen atoms in total. The van der Waals surface area contributed by atoms with Crippen LogP contribution in [-0.4, -0.2) is 43.1 Å². The number of aromatic nitrogens is 2. The number of carboxylic acids is 1. The molecule has 0 aliphatic heterocycles. The van der Waals surface area contributed by atoms with Gasteiger partial charge in [-0.25, -0.2) is 9.78 Å². The Hall–Kier alpha value is -5.06. The Bertz CT molecular complexity index is 1510. The van der Waals surface area contributed by atoms with Crippen LogP contribution >= 0.6 is 0 Å². The number of carbonyl (C=O) groups excluding carboxylic acids is 1. The number of hydrogen-bond donors (Lipinski definition) is 8. The SMILES string of the molecule is N=C(N)c1ccc2nc(-c3cc(CCC(=O)O)c(O)c(-c4cccc(CNC(N)=O)c4)c3O)[nH]c2c1. The number of aromatic hydroxyl groups is 2. The number of nitrogens with one attached hydrogen (secondary N) is 3. The molecule has 0 spiro atoms. The van der Waals surface area contributed by atoms with E-state index >= 15 is 0 Å². The lowest BCUT2D eigenvalue weighted by molar-refractivity contribution is -0.136. The number of aromatic amines is 1. The van der Waals surface area contributed by atoms with E-state index in [1.165, 1.54) is 6.07 Å². The van der Waals surface area contributed by atoms with Gasteiger partial charge in [-0.2, -0.15) is 0 Å². The number of amides is 2. The summed E-state index contributed by atoms with van der Waals surface area (Å²) in [7, 11) is 0. The highest BCUT2D eigenvalue weighted by Crippen LogP contribution is 2.46. The third-order valence-corrected chi connectivity index (χ3v) is 5.69. The summed E-state index contributed by atoms with van der Waals surface area (Å²) in [5, 5.41) is 41.6. The summed E-state index contributed by atoms with van der Waals surface area (Å²) >= 11 is 0. The number of fused-ring (bicyclic) bond motifs is 1. The van der Waals surface area contributed by atoms with Crippen molar-refractivity contribution in [3.63, 3.8) is 0 Å². The van der Waals surface area contributed by atoms with Gasteiger partial charge in [0.2, 0.25) is 0 Å². The van der Waals surface area contributed by atoms with Gasteiger partial charge in [-0.15, -0.1) is 0 Å². The van der Waals surface area contributed by atoms with Gasteiger partial charge in [-0.3, -0.25) is 10.2 Å². The molecule has 11 heteroatoms. The first kappa shape index (κ1) is 24.1. The van der Waals surface area contributed by atoms with E-state index in [-0.39, 0.29) is 53.7 Å². The average molecular weight is 489 g/mol. The van der Waals surface area contributed by atoms with Gasteiger partial charge in [0.25, 0.3) is 0 Å². The van der Waals surface area contributed by atoms with E-state index in [4.69, 9.17) is 16.9 Å². The van der Waals surface area contributed by atoms with E-state index in [0.29, 0.717) is 33.3 Å². The molecule has 0 bridgehead atoms. The molecular formula is C25H24N6O5. The third-order valence-electron chi connectivity index (χ3n) is 5.69. The summed E-state index contributed by atoms with van der Waals surface area (Å²) in [6.07, 6.45) is -0.221. The van der Waals surface area contributed by atoms with Crippen LogP contribution in [0.3, 0.4) is 0 Å². The number of imidazole rings is 1. The lowest BCUT2D eigenvalue weighted by atomic mass is 9.93. The monoisotopic (exact) mass is 488 g/mol. The van der Waals surface area contributed by atoms with Gasteiger partial charge in [0, 0.05) is 18.5 Å². The number of urea groups is 1. The Kier molecular flexibility index (Phi) is 6.46. The van der Waals surface area contributed by atoms with E-state index in [2.05, 4.69) is 15.3 Å². The summed E-state index contributed by atoms with van der Waals surface area (Å²) in [5.74, 6) is -1.38. The van der Waals surface area contributed by atoms with Gasteiger partial charge < -0.3 is 37.1 Å². The molecule has 36 heavy (non-hydrogen) atoms. The lowest BCUT2D eigenvalue weighted by Gasteiger charge is -2.16. The van der Waals surface area contributed by atoms with Crippen LogP contribution in [0, 0.1) is 5.41 Å². The van der Waals surface area contributed by atoms with Gasteiger partial charge in [0.15, 0.2) is 0 Å². The van der Waals surface area contributed by atoms with E-state index in [9.17, 15) is 24.9 Å². The zero-order valence-electron chi connectivity index (χ0n) is 19.0. The number of carbonyl (C=O) groups is 2. The fourth-order valence-corrected chi connectivity index (χ4v) is 3.94. The first-order valence-corrected chi connectivity index (χ1v) is 10.9. The topological polar surface area (TPSA) is 211 Å². The molecule has 3 aromatic carbocycles. The van der Waals surface area contributed by atoms with Crippen molar-refractivity contribution >= 4 is 28.9 Å². The van der Waals surface area contributed by atoms with Crippen molar-refractivity contribution in [3.8, 4) is 34.0 Å². The quantitative estimate of drug-likeness (QED) is 0.137. The largest absolute Gasteiger partial charge is 0.507 e. The summed E-state index contributed by atoms with van der Waals surface area (Å²) in [6, 6.07) is 12.6. The minimum absolute atomic E-state index is 0.0130. The molecule has 0 fully saturated rings. The second-order valence-electron chi connectivity index (χ2n) is 8.20. The smallest absolute Gasteiger partial charge is 0.312 e. The second-order valence-corrected chi connectivity index (χ2v) is 8.20. The maximum Gasteiger partial charge on any atom is 0.312 e. The first-order valence-electron chi connectivity index (χ1n) is 10.9. The molecule has 0 saturated heterocycles. The van der Waals surface area contributed by atoms with Crippen LogP contribution in [0.2, 0.25) is 0 Å². The summed E-state index contributed by atoms with van der Waals surface area (Å²) in [6.45, 7) is 0.137. The molecule has 0 atom stereocenters. The highest BCUT2D eigenvalue weighted by molar-refractivity contribution is 5.98. The van der Waals surface area contributed by atoms with Crippen molar-refractivity contribution < 1.29 is 24.9 Å². The normalized spacial score (nSPS) is 10.9. The number of hydrogen-bond acceptors (Lipinski definition) is 6. The van der Waals surface area contributed by atoms with Crippen molar-refractivity contribution in [2.24, 2.45) is 11.5 Å². The van der Waals surface area contributed by atoms with E-state index in [0.717, 1.165) is 0 Å². The van der Waals surface area contributed by atoms with Crippen molar-refractivity contribution in [1.29, 1.82) is 5.41 Å². The first-order chi connectivity index (χ1) is 17.1. The molecule has 1 aromatic heterocycles. The molecule has 0 radical (unpaired) electrons. The number of benzene rings is 3. The maximum atomic E-state index is 11.3. The molecule has 1 heterocycles. The maximum absolute atomic E-state index is 11.3. The lowest BCUT2D eigenvalue weighted by Crippen LogP contribution is -2.28. The number of aryl methyl sites for hydroxylation is 1. The van der Waals surface area contributed by atoms with Crippen molar-refractivity contribution in [2.75, 3.05) is 0 Å². The Morgan fingerprint density at radius 1 is 1.06 bits per heavy atom. The van der Waals surface area contributed by atoms with Crippen LogP contribution in [0.5, 0.6) is 11.5 Å². The van der Waals surface area contributed by atoms with Crippen LogP contribution in [0.15, 0.2) is 48.5 Å². The number of amidine groups is 1. The summed E-state index contributed by atoms with van der Waals surface area (Å²) in [5.41, 5.74) is 14.2. The zero-order valence-corrected chi connectivity index (χ0v) is 19.0. The standard InChI is InChI=1S/C25H24N6O5/c26-23(27)15-4-6-17-18(10-15)31-24(30-17)16-9-14(5-7-19(32)33)21(34)20(22(16)35)13-3-1-2-12(8-13)11-29-25(28)36/h1-4,6,8-10,34-35H,5,7,11H2,(H3,26,27)(H,30,31)(H,32,33)(H3,28,29,36). The number of nitrogen functional groups attached to an aromatic ring is 1. The molecule has 2 amide bonds. The van der Waals surface area contributed by atoms with Crippen molar-refractivity contribution in [3.05, 3.63) is 65.2 Å². The highest BCUT2D eigenvalue weighted by Gasteiger charge is 2.22. The van der Waals surface area contributed by atoms with Gasteiger partial charge in [0.05, 0.1) is 22.2 Å². The minimum atomic E-state index is -1.04. The van der Waals surface area contributed by atoms with Gasteiger partial charge in [0.1, 0.15) is 23.2 Å². The van der Waals surface area contributed by atoms with Gasteiger partial charge >= 0.3 is 12.0 Å². The predicted molar refractivity (Wildman–Crippen MR) is 134 cm³/mol. The van der Waals surface area contributed by atoms with Crippen LogP contribution in [0.1, 0.15) is 23.1 Å². The Morgan fingerprint density at radius 2 is 1.83 bits per heavy atom. The Balaban J connectivity index is 1.88. The van der Waals surface area contributed by atoms with Crippen LogP contribution in [-0.2, 0) is 17.8 Å². The van der Waals surface area contributed by atoms with Gasteiger partial charge in [-0.1, -0.05) is 18.2 Å². The van der Waals surface area contributed by atoms with Crippen LogP contribution < -0.4 is 16.8 Å². The van der Waals surface area contributed by atoms with Crippen molar-refractivity contribution in [2.45, 2.75) is 19.4 Å². The average Bonchev–Trinajstić information content (AvgIpc) is 3.25. The molecular weight excluding hydrogens is 464 g/mol. The van der Waals surface area contributed by atoms with E-state index in [1.54, 1.807) is 42.5 Å². The Morgan fingerprint density at radius 3 is 2.53 bits per heavy atom. The van der Waals surface area contributed by atoms with Crippen LogP contribution in [0.25, 0.3) is 33.5 Å². The highest BCUT2D eigenvalue weighted by atomic mass is 16.4. The summed E-state index contributed by atoms with van der Waals surface area (Å²) < 4.78 is 0. The number of phenols is 2. The molecule has 10 N–H and O–H groups in total. The number of nitrogens with zero attached hydrogens (tertiary/aromatic N) is 1. The molecule has 4 rings (SSSR count). The number of aliphatic carboxylic acids is 1. The minimum Gasteiger partial charge on any atom is -0.507 e. The van der Waals surface area contributed by atoms with Crippen LogP contribution in [0.4, 0.5) is 4.79 Å². The number of primary amides is 1. The predicted octanol–water partition coefficient (Wildman–Crippen LogP) is 2.78. The fourth-order valence-electron chi connectivity index (χ4n) is 3.94. The van der Waals surface area contributed by atoms with E-state index < -0.39 is 12.0 Å². The van der Waals surface area contributed by atoms with Gasteiger partial charge in [-0.05, 0) is 53.4 Å². The number of carboxylic acid groups (broad SMARTS) is 1. The molecule has 0 unspecified atom stereocenters. The molecule has 0 saturated carbocycles. The number of rotatable bonds is 8. The van der Waals surface area contributed by atoms with E-state index in [1.807, 2.05) is 0 Å². The number of phenolic OH excluding ortho intramolecular Hbond substituents is 2. The molecule has 184 valence electrons. The molecule has 0 aliphatic rings. The second kappa shape index (κ2) is 9.66. The molecule has 4 aromatic rings. The Labute approximate surface area is 204 Å². The summed E-state index contributed by atoms with van der Waals surface area (Å²) in [4.78, 5) is 29.9. The number of H-pyrrole nitrogens is 1. The number of nitrogens with two attached hydrogens (primary N) is 2.